The Morgan fingerprint density at radius 3 is 2.52 bits per heavy atom. The van der Waals surface area contributed by atoms with Gasteiger partial charge in [0.05, 0.1) is 5.69 Å². The Morgan fingerprint density at radius 1 is 1.14 bits per heavy atom. The highest BCUT2D eigenvalue weighted by Crippen LogP contribution is 2.53. The van der Waals surface area contributed by atoms with Crippen molar-refractivity contribution in [2.45, 2.75) is 57.7 Å². The maximum absolute atomic E-state index is 8.85. The van der Waals surface area contributed by atoms with Gasteiger partial charge in [-0.25, -0.2) is 0 Å². The Hall–Kier alpha value is -0.940. The van der Waals surface area contributed by atoms with E-state index in [1.165, 1.54) is 32.1 Å². The van der Waals surface area contributed by atoms with E-state index in [9.17, 15) is 0 Å². The number of aryl methyl sites for hydroxylation is 1. The van der Waals surface area contributed by atoms with E-state index < -0.39 is 0 Å². The third-order valence-electron chi connectivity index (χ3n) is 5.88. The minimum Gasteiger partial charge on any atom is -0.396 e. The molecule has 116 valence electrons. The van der Waals surface area contributed by atoms with Crippen LogP contribution in [-0.2, 0) is 13.1 Å². The van der Waals surface area contributed by atoms with E-state index in [-0.39, 0.29) is 6.61 Å². The molecule has 1 aromatic heterocycles. The second-order valence-corrected chi connectivity index (χ2v) is 7.39. The van der Waals surface area contributed by atoms with Crippen LogP contribution in [0.5, 0.6) is 0 Å². The van der Waals surface area contributed by atoms with Crippen LogP contribution in [0, 0.1) is 23.7 Å². The van der Waals surface area contributed by atoms with Gasteiger partial charge in [-0.05, 0) is 62.2 Å². The summed E-state index contributed by atoms with van der Waals surface area (Å²) >= 11 is 0. The SMILES string of the molecule is OCCCn1cc(CNC2C3CC4CC(C3)CC2C4)nn1. The highest BCUT2D eigenvalue weighted by atomic mass is 16.3. The zero-order valence-corrected chi connectivity index (χ0v) is 12.6. The summed E-state index contributed by atoms with van der Waals surface area (Å²) in [5.74, 6) is 3.88. The van der Waals surface area contributed by atoms with Gasteiger partial charge in [-0.3, -0.25) is 4.68 Å². The summed E-state index contributed by atoms with van der Waals surface area (Å²) in [6.45, 7) is 1.80. The van der Waals surface area contributed by atoms with E-state index in [0.717, 1.165) is 48.9 Å². The van der Waals surface area contributed by atoms with Gasteiger partial charge >= 0.3 is 0 Å². The molecule has 4 aliphatic rings. The Balaban J connectivity index is 1.33. The van der Waals surface area contributed by atoms with Crippen molar-refractivity contribution in [1.29, 1.82) is 0 Å². The van der Waals surface area contributed by atoms with Crippen molar-refractivity contribution in [3.63, 3.8) is 0 Å². The summed E-state index contributed by atoms with van der Waals surface area (Å²) in [7, 11) is 0. The van der Waals surface area contributed by atoms with Crippen molar-refractivity contribution >= 4 is 0 Å². The summed E-state index contributed by atoms with van der Waals surface area (Å²) in [6, 6.07) is 0.709. The Morgan fingerprint density at radius 2 is 1.86 bits per heavy atom. The predicted molar refractivity (Wildman–Crippen MR) is 79.4 cm³/mol. The summed E-state index contributed by atoms with van der Waals surface area (Å²) in [6.07, 6.45) is 10.1. The molecule has 0 unspecified atom stereocenters. The molecule has 4 aliphatic carbocycles. The fourth-order valence-corrected chi connectivity index (χ4v) is 5.24. The van der Waals surface area contributed by atoms with E-state index in [0.29, 0.717) is 6.04 Å². The third kappa shape index (κ3) is 2.73. The van der Waals surface area contributed by atoms with Crippen molar-refractivity contribution in [2.75, 3.05) is 6.61 Å². The fraction of sp³-hybridized carbons (Fsp3) is 0.875. The number of aliphatic hydroxyl groups is 1. The number of nitrogens with one attached hydrogen (secondary N) is 1. The monoisotopic (exact) mass is 290 g/mol. The van der Waals surface area contributed by atoms with Crippen LogP contribution in [0.2, 0.25) is 0 Å². The average molecular weight is 290 g/mol. The number of hydrogen-bond donors (Lipinski definition) is 2. The fourth-order valence-electron chi connectivity index (χ4n) is 5.24. The molecule has 1 heterocycles. The number of nitrogens with zero attached hydrogens (tertiary/aromatic N) is 3. The van der Waals surface area contributed by atoms with Gasteiger partial charge in [-0.1, -0.05) is 5.21 Å². The highest BCUT2D eigenvalue weighted by Gasteiger charge is 2.47. The van der Waals surface area contributed by atoms with Crippen molar-refractivity contribution in [3.05, 3.63) is 11.9 Å². The molecule has 1 aromatic rings. The number of rotatable bonds is 6. The zero-order valence-electron chi connectivity index (χ0n) is 12.6. The first-order valence-electron chi connectivity index (χ1n) is 8.55. The quantitative estimate of drug-likeness (QED) is 0.835. The topological polar surface area (TPSA) is 63.0 Å². The molecule has 0 aromatic carbocycles. The molecule has 4 bridgehead atoms. The van der Waals surface area contributed by atoms with Gasteiger partial charge in [-0.15, -0.1) is 5.10 Å². The van der Waals surface area contributed by atoms with Crippen LogP contribution in [0.15, 0.2) is 6.20 Å². The average Bonchev–Trinajstić information content (AvgIpc) is 2.91. The summed E-state index contributed by atoms with van der Waals surface area (Å²) in [4.78, 5) is 0. The third-order valence-corrected chi connectivity index (χ3v) is 5.88. The van der Waals surface area contributed by atoms with Crippen molar-refractivity contribution < 1.29 is 5.11 Å². The molecule has 0 saturated heterocycles. The molecule has 21 heavy (non-hydrogen) atoms. The first kappa shape index (κ1) is 13.7. The van der Waals surface area contributed by atoms with Crippen LogP contribution in [0.3, 0.4) is 0 Å². The molecule has 5 rings (SSSR count). The minimum absolute atomic E-state index is 0.210. The van der Waals surface area contributed by atoms with Gasteiger partial charge in [-0.2, -0.15) is 0 Å². The minimum atomic E-state index is 0.210. The van der Waals surface area contributed by atoms with Gasteiger partial charge < -0.3 is 10.4 Å². The lowest BCUT2D eigenvalue weighted by Crippen LogP contribution is -2.54. The molecular weight excluding hydrogens is 264 g/mol. The molecule has 0 spiro atoms. The first-order chi connectivity index (χ1) is 10.3. The van der Waals surface area contributed by atoms with Crippen LogP contribution >= 0.6 is 0 Å². The molecule has 4 fully saturated rings. The van der Waals surface area contributed by atoms with Gasteiger partial charge in [0.25, 0.3) is 0 Å². The van der Waals surface area contributed by atoms with Gasteiger partial charge in [0.15, 0.2) is 0 Å². The molecule has 0 aliphatic heterocycles. The van der Waals surface area contributed by atoms with Gasteiger partial charge in [0.2, 0.25) is 0 Å². The van der Waals surface area contributed by atoms with Crippen LogP contribution in [0.1, 0.15) is 44.2 Å². The Bertz CT molecular complexity index is 458. The second kappa shape index (κ2) is 5.69. The molecule has 0 atom stereocenters. The lowest BCUT2D eigenvalue weighted by Gasteiger charge is -2.54. The van der Waals surface area contributed by atoms with Crippen LogP contribution in [0.25, 0.3) is 0 Å². The standard InChI is InChI=1S/C16H26N4O/c21-3-1-2-20-10-15(18-19-20)9-17-16-13-5-11-4-12(7-13)8-14(16)6-11/h10-14,16-17,21H,1-9H2. The molecule has 5 nitrogen and oxygen atoms in total. The maximum Gasteiger partial charge on any atom is 0.0964 e. The molecule has 5 heteroatoms. The largest absolute Gasteiger partial charge is 0.396 e. The van der Waals surface area contributed by atoms with E-state index >= 15 is 0 Å². The van der Waals surface area contributed by atoms with Crippen LogP contribution in [-0.4, -0.2) is 32.7 Å². The molecule has 4 saturated carbocycles. The second-order valence-electron chi connectivity index (χ2n) is 7.39. The molecular formula is C16H26N4O. The molecule has 2 N–H and O–H groups in total. The molecule has 0 radical (unpaired) electrons. The summed E-state index contributed by atoms with van der Waals surface area (Å²) in [5, 5.41) is 21.0. The van der Waals surface area contributed by atoms with E-state index in [1.54, 1.807) is 0 Å². The van der Waals surface area contributed by atoms with Crippen molar-refractivity contribution in [1.82, 2.24) is 20.3 Å². The predicted octanol–water partition coefficient (Wildman–Crippen LogP) is 1.57. The number of hydrogen-bond acceptors (Lipinski definition) is 4. The lowest BCUT2D eigenvalue weighted by atomic mass is 9.54. The summed E-state index contributed by atoms with van der Waals surface area (Å²) < 4.78 is 1.84. The van der Waals surface area contributed by atoms with Gasteiger partial charge in [0.1, 0.15) is 0 Å². The zero-order chi connectivity index (χ0) is 14.2. The number of aliphatic hydroxyl groups excluding tert-OH is 1. The van der Waals surface area contributed by atoms with Crippen molar-refractivity contribution in [2.24, 2.45) is 23.7 Å². The maximum atomic E-state index is 8.85. The Kier molecular flexibility index (Phi) is 3.71. The van der Waals surface area contributed by atoms with Crippen molar-refractivity contribution in [3.8, 4) is 0 Å². The summed E-state index contributed by atoms with van der Waals surface area (Å²) in [5.41, 5.74) is 1.03. The van der Waals surface area contributed by atoms with E-state index in [2.05, 4.69) is 15.6 Å². The highest BCUT2D eigenvalue weighted by molar-refractivity contribution is 5.02. The van der Waals surface area contributed by atoms with E-state index in [1.807, 2.05) is 10.9 Å². The van der Waals surface area contributed by atoms with E-state index in [4.69, 9.17) is 5.11 Å². The van der Waals surface area contributed by atoms with Gasteiger partial charge in [0, 0.05) is 31.9 Å². The Labute approximate surface area is 126 Å². The molecule has 0 amide bonds. The first-order valence-corrected chi connectivity index (χ1v) is 8.55. The normalized spacial score (nSPS) is 37.3. The number of aromatic nitrogens is 3. The smallest absolute Gasteiger partial charge is 0.0964 e. The van der Waals surface area contributed by atoms with Crippen LogP contribution < -0.4 is 5.32 Å². The van der Waals surface area contributed by atoms with Crippen LogP contribution in [0.4, 0.5) is 0 Å². The lowest BCUT2D eigenvalue weighted by molar-refractivity contribution is -0.0143.